The molecule has 4 nitrogen and oxygen atoms in total. The molecule has 1 unspecified atom stereocenters. The highest BCUT2D eigenvalue weighted by molar-refractivity contribution is 5.78. The second-order valence-electron chi connectivity index (χ2n) is 6.27. The van der Waals surface area contributed by atoms with E-state index in [9.17, 15) is 18.7 Å². The van der Waals surface area contributed by atoms with Crippen molar-refractivity contribution in [3.8, 4) is 0 Å². The summed E-state index contributed by atoms with van der Waals surface area (Å²) in [6.07, 6.45) is 0.386. The number of halogens is 2. The van der Waals surface area contributed by atoms with E-state index >= 15 is 0 Å². The lowest BCUT2D eigenvalue weighted by Crippen LogP contribution is -2.43. The first kappa shape index (κ1) is 18.8. The molecule has 1 saturated heterocycles. The Labute approximate surface area is 142 Å². The lowest BCUT2D eigenvalue weighted by atomic mass is 9.94. The Bertz CT molecular complexity index is 556. The molecule has 1 heterocycles. The SMILES string of the molecule is CCN(CC)C(=O)C1CCN(CC(O)c2cc(F)ccc2F)CC1. The third-order valence-electron chi connectivity index (χ3n) is 4.76. The smallest absolute Gasteiger partial charge is 0.225 e. The molecule has 0 radical (unpaired) electrons. The number of aliphatic hydroxyl groups excluding tert-OH is 1. The number of carbonyl (C=O) groups is 1. The predicted octanol–water partition coefficient (Wildman–Crippen LogP) is 2.58. The molecule has 1 aliphatic rings. The van der Waals surface area contributed by atoms with Crippen molar-refractivity contribution in [2.45, 2.75) is 32.8 Å². The Kier molecular flexibility index (Phi) is 6.69. The number of likely N-dealkylation sites (tertiary alicyclic amines) is 1. The van der Waals surface area contributed by atoms with Crippen LogP contribution in [0.3, 0.4) is 0 Å². The monoisotopic (exact) mass is 340 g/mol. The number of hydrogen-bond donors (Lipinski definition) is 1. The summed E-state index contributed by atoms with van der Waals surface area (Å²) < 4.78 is 26.9. The van der Waals surface area contributed by atoms with Gasteiger partial charge in [0.15, 0.2) is 0 Å². The zero-order valence-corrected chi connectivity index (χ0v) is 14.3. The Morgan fingerprint density at radius 1 is 1.29 bits per heavy atom. The molecule has 1 aromatic carbocycles. The third kappa shape index (κ3) is 4.51. The number of rotatable bonds is 6. The summed E-state index contributed by atoms with van der Waals surface area (Å²) in [6.45, 7) is 6.96. The van der Waals surface area contributed by atoms with E-state index < -0.39 is 17.7 Å². The van der Waals surface area contributed by atoms with Gasteiger partial charge in [0.25, 0.3) is 0 Å². The van der Waals surface area contributed by atoms with Gasteiger partial charge < -0.3 is 14.9 Å². The zero-order valence-electron chi connectivity index (χ0n) is 14.3. The van der Waals surface area contributed by atoms with Gasteiger partial charge in [0.05, 0.1) is 6.10 Å². The van der Waals surface area contributed by atoms with Crippen LogP contribution in [0.25, 0.3) is 0 Å². The van der Waals surface area contributed by atoms with Crippen LogP contribution in [0.4, 0.5) is 8.78 Å². The van der Waals surface area contributed by atoms with Crippen LogP contribution in [0.15, 0.2) is 18.2 Å². The molecule has 1 amide bonds. The van der Waals surface area contributed by atoms with E-state index in [2.05, 4.69) is 0 Å². The van der Waals surface area contributed by atoms with E-state index in [0.29, 0.717) is 26.2 Å². The molecule has 0 spiro atoms. The first-order valence-electron chi connectivity index (χ1n) is 8.60. The van der Waals surface area contributed by atoms with Crippen LogP contribution in [-0.4, -0.2) is 53.5 Å². The molecule has 1 aliphatic heterocycles. The van der Waals surface area contributed by atoms with Gasteiger partial charge in [-0.1, -0.05) is 0 Å². The molecule has 134 valence electrons. The number of hydrogen-bond acceptors (Lipinski definition) is 3. The summed E-state index contributed by atoms with van der Waals surface area (Å²) in [4.78, 5) is 16.2. The van der Waals surface area contributed by atoms with Crippen molar-refractivity contribution in [3.63, 3.8) is 0 Å². The molecule has 0 aliphatic carbocycles. The van der Waals surface area contributed by atoms with Gasteiger partial charge in [-0.3, -0.25) is 4.79 Å². The third-order valence-corrected chi connectivity index (χ3v) is 4.76. The molecule has 1 atom stereocenters. The van der Waals surface area contributed by atoms with Gasteiger partial charge in [-0.2, -0.15) is 0 Å². The maximum absolute atomic E-state index is 13.7. The molecule has 6 heteroatoms. The summed E-state index contributed by atoms with van der Waals surface area (Å²) in [5, 5.41) is 10.2. The van der Waals surface area contributed by atoms with Gasteiger partial charge in [0.1, 0.15) is 11.6 Å². The maximum atomic E-state index is 13.7. The number of β-amino-alcohol motifs (C(OH)–C–C–N with tert-alkyl or cyclic N) is 1. The highest BCUT2D eigenvalue weighted by Crippen LogP contribution is 2.24. The quantitative estimate of drug-likeness (QED) is 0.866. The Hall–Kier alpha value is -1.53. The van der Waals surface area contributed by atoms with Gasteiger partial charge in [-0.25, -0.2) is 8.78 Å². The minimum absolute atomic E-state index is 0.0173. The van der Waals surface area contributed by atoms with Crippen molar-refractivity contribution >= 4 is 5.91 Å². The molecule has 2 rings (SSSR count). The van der Waals surface area contributed by atoms with E-state index in [1.165, 1.54) is 0 Å². The standard InChI is InChI=1S/C18H26F2N2O2/c1-3-22(4-2)18(24)13-7-9-21(10-8-13)12-17(23)15-11-14(19)5-6-16(15)20/h5-6,11,13,17,23H,3-4,7-10,12H2,1-2H3. The first-order chi connectivity index (χ1) is 11.5. The van der Waals surface area contributed by atoms with E-state index in [4.69, 9.17) is 0 Å². The van der Waals surface area contributed by atoms with Gasteiger partial charge in [0, 0.05) is 31.1 Å². The van der Waals surface area contributed by atoms with Gasteiger partial charge in [-0.05, 0) is 58.0 Å². The first-order valence-corrected chi connectivity index (χ1v) is 8.60. The van der Waals surface area contributed by atoms with Crippen LogP contribution in [0.2, 0.25) is 0 Å². The van der Waals surface area contributed by atoms with Crippen LogP contribution in [0.5, 0.6) is 0 Å². The van der Waals surface area contributed by atoms with E-state index in [0.717, 1.165) is 31.0 Å². The minimum atomic E-state index is -1.07. The summed E-state index contributed by atoms with van der Waals surface area (Å²) >= 11 is 0. The zero-order chi connectivity index (χ0) is 17.7. The molecular formula is C18H26F2N2O2. The highest BCUT2D eigenvalue weighted by Gasteiger charge is 2.28. The Morgan fingerprint density at radius 2 is 1.92 bits per heavy atom. The number of piperidine rings is 1. The van der Waals surface area contributed by atoms with Crippen LogP contribution in [-0.2, 0) is 4.79 Å². The summed E-state index contributed by atoms with van der Waals surface area (Å²) in [5.41, 5.74) is -0.0173. The number of nitrogens with zero attached hydrogens (tertiary/aromatic N) is 2. The average molecular weight is 340 g/mol. The fraction of sp³-hybridized carbons (Fsp3) is 0.611. The number of amides is 1. The van der Waals surface area contributed by atoms with Crippen molar-refractivity contribution in [3.05, 3.63) is 35.4 Å². The van der Waals surface area contributed by atoms with E-state index in [1.54, 1.807) is 0 Å². The lowest BCUT2D eigenvalue weighted by Gasteiger charge is -2.34. The Balaban J connectivity index is 1.89. The topological polar surface area (TPSA) is 43.8 Å². The average Bonchev–Trinajstić information content (AvgIpc) is 2.58. The lowest BCUT2D eigenvalue weighted by molar-refractivity contribution is -0.136. The number of aliphatic hydroxyl groups is 1. The van der Waals surface area contributed by atoms with Gasteiger partial charge >= 0.3 is 0 Å². The van der Waals surface area contributed by atoms with Crippen molar-refractivity contribution in [1.82, 2.24) is 9.80 Å². The van der Waals surface area contributed by atoms with Crippen molar-refractivity contribution < 1.29 is 18.7 Å². The summed E-state index contributed by atoms with van der Waals surface area (Å²) in [6, 6.07) is 3.11. The number of benzene rings is 1. The van der Waals surface area contributed by atoms with Crippen LogP contribution in [0, 0.1) is 17.6 Å². The van der Waals surface area contributed by atoms with Gasteiger partial charge in [0.2, 0.25) is 5.91 Å². The molecule has 0 bridgehead atoms. The van der Waals surface area contributed by atoms with Crippen LogP contribution < -0.4 is 0 Å². The maximum Gasteiger partial charge on any atom is 0.225 e. The van der Waals surface area contributed by atoms with E-state index in [1.807, 2.05) is 23.6 Å². The molecular weight excluding hydrogens is 314 g/mol. The number of carbonyl (C=O) groups excluding carboxylic acids is 1. The van der Waals surface area contributed by atoms with E-state index in [-0.39, 0.29) is 23.9 Å². The highest BCUT2D eigenvalue weighted by atomic mass is 19.1. The van der Waals surface area contributed by atoms with Crippen molar-refractivity contribution in [2.24, 2.45) is 5.92 Å². The molecule has 1 fully saturated rings. The molecule has 0 saturated carbocycles. The Morgan fingerprint density at radius 3 is 2.50 bits per heavy atom. The second kappa shape index (κ2) is 8.53. The fourth-order valence-electron chi connectivity index (χ4n) is 3.27. The molecule has 1 aromatic rings. The molecule has 24 heavy (non-hydrogen) atoms. The predicted molar refractivity (Wildman–Crippen MR) is 88.4 cm³/mol. The van der Waals surface area contributed by atoms with Crippen LogP contribution in [0.1, 0.15) is 38.4 Å². The fourth-order valence-corrected chi connectivity index (χ4v) is 3.27. The van der Waals surface area contributed by atoms with Crippen LogP contribution >= 0.6 is 0 Å². The summed E-state index contributed by atoms with van der Waals surface area (Å²) in [5.74, 6) is -0.954. The second-order valence-corrected chi connectivity index (χ2v) is 6.27. The molecule has 0 aromatic heterocycles. The molecule has 1 N–H and O–H groups in total. The van der Waals surface area contributed by atoms with Gasteiger partial charge in [-0.15, -0.1) is 0 Å². The summed E-state index contributed by atoms with van der Waals surface area (Å²) in [7, 11) is 0. The van der Waals surface area contributed by atoms with Crippen molar-refractivity contribution in [1.29, 1.82) is 0 Å². The minimum Gasteiger partial charge on any atom is -0.387 e. The van der Waals surface area contributed by atoms with Crippen molar-refractivity contribution in [2.75, 3.05) is 32.7 Å². The normalized spacial score (nSPS) is 17.7. The largest absolute Gasteiger partial charge is 0.387 e.